The topological polar surface area (TPSA) is 53.4 Å². The number of aromatic carboxylic acids is 1. The standard InChI is InChI=1S/C11H16N2O2S/c1-2-3-6-13(8-4-5-8)11-12-9(7-16-11)10(14)15/h7-8H,2-6H2,1H3,(H,14,15). The van der Waals surface area contributed by atoms with E-state index in [9.17, 15) is 4.79 Å². The van der Waals surface area contributed by atoms with Gasteiger partial charge >= 0.3 is 5.97 Å². The van der Waals surface area contributed by atoms with Gasteiger partial charge in [0, 0.05) is 18.0 Å². The van der Waals surface area contributed by atoms with Crippen molar-refractivity contribution in [2.24, 2.45) is 0 Å². The van der Waals surface area contributed by atoms with Crippen LogP contribution in [-0.2, 0) is 0 Å². The number of hydrogen-bond acceptors (Lipinski definition) is 4. The summed E-state index contributed by atoms with van der Waals surface area (Å²) in [4.78, 5) is 17.2. The minimum absolute atomic E-state index is 0.169. The zero-order chi connectivity index (χ0) is 11.5. The van der Waals surface area contributed by atoms with Crippen molar-refractivity contribution in [2.75, 3.05) is 11.4 Å². The highest BCUT2D eigenvalue weighted by molar-refractivity contribution is 7.13. The quantitative estimate of drug-likeness (QED) is 0.830. The normalized spacial score (nSPS) is 15.1. The van der Waals surface area contributed by atoms with Crippen molar-refractivity contribution < 1.29 is 9.90 Å². The second kappa shape index (κ2) is 4.82. The number of carboxylic acid groups (broad SMARTS) is 1. The molecule has 88 valence electrons. The van der Waals surface area contributed by atoms with Gasteiger partial charge in [0.2, 0.25) is 0 Å². The number of unbranched alkanes of at least 4 members (excludes halogenated alkanes) is 1. The molecule has 1 aliphatic rings. The van der Waals surface area contributed by atoms with Gasteiger partial charge in [0.15, 0.2) is 10.8 Å². The van der Waals surface area contributed by atoms with Crippen molar-refractivity contribution in [1.82, 2.24) is 4.98 Å². The largest absolute Gasteiger partial charge is 0.476 e. The van der Waals surface area contributed by atoms with Gasteiger partial charge in [-0.3, -0.25) is 0 Å². The minimum Gasteiger partial charge on any atom is -0.476 e. The van der Waals surface area contributed by atoms with Gasteiger partial charge in [-0.2, -0.15) is 0 Å². The molecule has 0 radical (unpaired) electrons. The van der Waals surface area contributed by atoms with Gasteiger partial charge in [-0.05, 0) is 19.3 Å². The first-order chi connectivity index (χ1) is 7.72. The molecule has 1 heterocycles. The van der Waals surface area contributed by atoms with E-state index in [4.69, 9.17) is 5.11 Å². The fraction of sp³-hybridized carbons (Fsp3) is 0.636. The Morgan fingerprint density at radius 2 is 2.44 bits per heavy atom. The Labute approximate surface area is 98.9 Å². The lowest BCUT2D eigenvalue weighted by atomic mass is 10.3. The first-order valence-corrected chi connectivity index (χ1v) is 6.55. The molecule has 0 unspecified atom stereocenters. The van der Waals surface area contributed by atoms with Crippen LogP contribution in [0.1, 0.15) is 43.1 Å². The molecule has 0 amide bonds. The van der Waals surface area contributed by atoms with Crippen LogP contribution in [0.5, 0.6) is 0 Å². The molecule has 1 aliphatic carbocycles. The summed E-state index contributed by atoms with van der Waals surface area (Å²) in [5.41, 5.74) is 0.169. The van der Waals surface area contributed by atoms with E-state index in [2.05, 4.69) is 16.8 Å². The summed E-state index contributed by atoms with van der Waals surface area (Å²) in [6.45, 7) is 3.16. The molecule has 0 atom stereocenters. The molecule has 2 rings (SSSR count). The summed E-state index contributed by atoms with van der Waals surface area (Å²) < 4.78 is 0. The van der Waals surface area contributed by atoms with Crippen molar-refractivity contribution >= 4 is 22.4 Å². The van der Waals surface area contributed by atoms with Gasteiger partial charge in [-0.25, -0.2) is 9.78 Å². The number of anilines is 1. The second-order valence-electron chi connectivity index (χ2n) is 4.10. The zero-order valence-corrected chi connectivity index (χ0v) is 10.2. The van der Waals surface area contributed by atoms with Crippen LogP contribution in [0.2, 0.25) is 0 Å². The van der Waals surface area contributed by atoms with E-state index in [1.807, 2.05) is 0 Å². The Balaban J connectivity index is 2.08. The second-order valence-corrected chi connectivity index (χ2v) is 4.94. The smallest absolute Gasteiger partial charge is 0.355 e. The highest BCUT2D eigenvalue weighted by Gasteiger charge is 2.30. The van der Waals surface area contributed by atoms with Gasteiger partial charge in [0.25, 0.3) is 0 Å². The zero-order valence-electron chi connectivity index (χ0n) is 9.35. The average molecular weight is 240 g/mol. The Kier molecular flexibility index (Phi) is 3.43. The van der Waals surface area contributed by atoms with E-state index in [1.54, 1.807) is 5.38 Å². The molecule has 0 aromatic carbocycles. The summed E-state index contributed by atoms with van der Waals surface area (Å²) in [6, 6.07) is 0.597. The first kappa shape index (κ1) is 11.4. The Morgan fingerprint density at radius 1 is 1.69 bits per heavy atom. The monoisotopic (exact) mass is 240 g/mol. The molecule has 0 bridgehead atoms. The molecule has 0 saturated heterocycles. The van der Waals surface area contributed by atoms with Gasteiger partial charge in [-0.15, -0.1) is 11.3 Å². The maximum atomic E-state index is 10.8. The molecule has 1 saturated carbocycles. The number of rotatable bonds is 6. The summed E-state index contributed by atoms with van der Waals surface area (Å²) in [7, 11) is 0. The summed E-state index contributed by atoms with van der Waals surface area (Å²) >= 11 is 1.44. The predicted octanol–water partition coefficient (Wildman–Crippen LogP) is 2.61. The molecular weight excluding hydrogens is 224 g/mol. The number of nitrogens with zero attached hydrogens (tertiary/aromatic N) is 2. The maximum absolute atomic E-state index is 10.8. The van der Waals surface area contributed by atoms with E-state index in [1.165, 1.54) is 24.2 Å². The van der Waals surface area contributed by atoms with E-state index < -0.39 is 5.97 Å². The summed E-state index contributed by atoms with van der Waals surface area (Å²) in [5, 5.41) is 11.3. The van der Waals surface area contributed by atoms with Crippen LogP contribution < -0.4 is 4.90 Å². The number of thiazole rings is 1. The SMILES string of the molecule is CCCCN(c1nc(C(=O)O)cs1)C1CC1. The fourth-order valence-electron chi connectivity index (χ4n) is 1.64. The molecule has 5 heteroatoms. The van der Waals surface area contributed by atoms with E-state index in [0.717, 1.165) is 24.5 Å². The Bertz CT molecular complexity index is 374. The number of carbonyl (C=O) groups is 1. The van der Waals surface area contributed by atoms with E-state index in [-0.39, 0.29) is 5.69 Å². The third kappa shape index (κ3) is 2.52. The maximum Gasteiger partial charge on any atom is 0.355 e. The van der Waals surface area contributed by atoms with Crippen molar-refractivity contribution in [1.29, 1.82) is 0 Å². The van der Waals surface area contributed by atoms with Crippen LogP contribution in [0.15, 0.2) is 5.38 Å². The number of hydrogen-bond donors (Lipinski definition) is 1. The van der Waals surface area contributed by atoms with Crippen LogP contribution in [0.3, 0.4) is 0 Å². The van der Waals surface area contributed by atoms with Crippen LogP contribution >= 0.6 is 11.3 Å². The van der Waals surface area contributed by atoms with Gasteiger partial charge in [0.1, 0.15) is 0 Å². The number of carboxylic acids is 1. The van der Waals surface area contributed by atoms with Crippen LogP contribution in [0.25, 0.3) is 0 Å². The molecule has 0 aliphatic heterocycles. The van der Waals surface area contributed by atoms with Crippen molar-refractivity contribution in [2.45, 2.75) is 38.6 Å². The van der Waals surface area contributed by atoms with Crippen LogP contribution in [0.4, 0.5) is 5.13 Å². The Morgan fingerprint density at radius 3 is 2.94 bits per heavy atom. The molecule has 16 heavy (non-hydrogen) atoms. The average Bonchev–Trinajstić information content (AvgIpc) is 2.96. The van der Waals surface area contributed by atoms with Crippen molar-refractivity contribution in [3.63, 3.8) is 0 Å². The predicted molar refractivity (Wildman–Crippen MR) is 64.3 cm³/mol. The lowest BCUT2D eigenvalue weighted by Gasteiger charge is -2.20. The molecule has 0 spiro atoms. The molecular formula is C11H16N2O2S. The first-order valence-electron chi connectivity index (χ1n) is 5.68. The van der Waals surface area contributed by atoms with Gasteiger partial charge in [-0.1, -0.05) is 13.3 Å². The van der Waals surface area contributed by atoms with Crippen LogP contribution in [-0.4, -0.2) is 28.6 Å². The van der Waals surface area contributed by atoms with Gasteiger partial charge in [0.05, 0.1) is 0 Å². The third-order valence-corrected chi connectivity index (χ3v) is 3.57. The molecule has 1 fully saturated rings. The number of aromatic nitrogens is 1. The molecule has 1 N–H and O–H groups in total. The molecule has 1 aromatic heterocycles. The minimum atomic E-state index is -0.936. The summed E-state index contributed by atoms with van der Waals surface area (Å²) in [6.07, 6.45) is 4.72. The fourth-order valence-corrected chi connectivity index (χ4v) is 2.54. The third-order valence-electron chi connectivity index (χ3n) is 2.70. The highest BCUT2D eigenvalue weighted by Crippen LogP contribution is 2.33. The van der Waals surface area contributed by atoms with Gasteiger partial charge < -0.3 is 10.0 Å². The van der Waals surface area contributed by atoms with E-state index >= 15 is 0 Å². The molecule has 4 nitrogen and oxygen atoms in total. The summed E-state index contributed by atoms with van der Waals surface area (Å²) in [5.74, 6) is -0.936. The van der Waals surface area contributed by atoms with E-state index in [0.29, 0.717) is 6.04 Å². The van der Waals surface area contributed by atoms with Crippen molar-refractivity contribution in [3.05, 3.63) is 11.1 Å². The highest BCUT2D eigenvalue weighted by atomic mass is 32.1. The van der Waals surface area contributed by atoms with Crippen LogP contribution in [0, 0.1) is 0 Å². The lowest BCUT2D eigenvalue weighted by Crippen LogP contribution is -2.26. The molecule has 1 aromatic rings. The Hall–Kier alpha value is -1.10. The lowest BCUT2D eigenvalue weighted by molar-refractivity contribution is 0.0691. The van der Waals surface area contributed by atoms with Crippen molar-refractivity contribution in [3.8, 4) is 0 Å².